The number of hydrogen-bond acceptors (Lipinski definition) is 3. The first kappa shape index (κ1) is 10.1. The normalized spacial score (nSPS) is 15.9. The van der Waals surface area contributed by atoms with Gasteiger partial charge < -0.3 is 10.6 Å². The Morgan fingerprint density at radius 2 is 2.47 bits per heavy atom. The molecule has 0 amide bonds. The lowest BCUT2D eigenvalue weighted by Crippen LogP contribution is -2.23. The Morgan fingerprint density at radius 3 is 3.20 bits per heavy atom. The SMILES string of the molecule is Fc1cccnc1NCC1=CCNCC1. The second-order valence-corrected chi connectivity index (χ2v) is 3.50. The van der Waals surface area contributed by atoms with Gasteiger partial charge in [0.2, 0.25) is 0 Å². The zero-order valence-corrected chi connectivity index (χ0v) is 8.46. The smallest absolute Gasteiger partial charge is 0.165 e. The van der Waals surface area contributed by atoms with Crippen LogP contribution >= 0.6 is 0 Å². The predicted octanol–water partition coefficient (Wildman–Crippen LogP) is 1.55. The molecular weight excluding hydrogens is 193 g/mol. The molecule has 0 saturated heterocycles. The molecule has 2 rings (SSSR count). The summed E-state index contributed by atoms with van der Waals surface area (Å²) in [4.78, 5) is 3.93. The molecule has 2 heterocycles. The van der Waals surface area contributed by atoms with Gasteiger partial charge in [0.05, 0.1) is 0 Å². The van der Waals surface area contributed by atoms with Gasteiger partial charge in [0.25, 0.3) is 0 Å². The minimum absolute atomic E-state index is 0.299. The molecule has 0 aromatic carbocycles. The van der Waals surface area contributed by atoms with Crippen LogP contribution in [-0.2, 0) is 0 Å². The van der Waals surface area contributed by atoms with Gasteiger partial charge in [-0.25, -0.2) is 9.37 Å². The van der Waals surface area contributed by atoms with E-state index in [0.717, 1.165) is 19.5 Å². The van der Waals surface area contributed by atoms with Gasteiger partial charge in [-0.1, -0.05) is 11.6 Å². The molecule has 1 aromatic heterocycles. The van der Waals surface area contributed by atoms with Crippen LogP contribution in [0.2, 0.25) is 0 Å². The highest BCUT2D eigenvalue weighted by atomic mass is 19.1. The zero-order valence-electron chi connectivity index (χ0n) is 8.46. The molecule has 80 valence electrons. The molecule has 0 radical (unpaired) electrons. The van der Waals surface area contributed by atoms with E-state index in [9.17, 15) is 4.39 Å². The first-order valence-electron chi connectivity index (χ1n) is 5.09. The highest BCUT2D eigenvalue weighted by molar-refractivity contribution is 5.37. The van der Waals surface area contributed by atoms with Gasteiger partial charge in [0.15, 0.2) is 11.6 Å². The van der Waals surface area contributed by atoms with E-state index in [1.54, 1.807) is 12.3 Å². The molecule has 1 aliphatic rings. The molecule has 0 atom stereocenters. The molecule has 0 aliphatic carbocycles. The van der Waals surface area contributed by atoms with Crippen molar-refractivity contribution in [1.29, 1.82) is 0 Å². The fourth-order valence-electron chi connectivity index (χ4n) is 1.54. The van der Waals surface area contributed by atoms with Gasteiger partial charge in [-0.15, -0.1) is 0 Å². The van der Waals surface area contributed by atoms with Gasteiger partial charge >= 0.3 is 0 Å². The summed E-state index contributed by atoms with van der Waals surface area (Å²) >= 11 is 0. The van der Waals surface area contributed by atoms with Crippen LogP contribution in [0.5, 0.6) is 0 Å². The van der Waals surface area contributed by atoms with Crippen molar-refractivity contribution in [3.8, 4) is 0 Å². The van der Waals surface area contributed by atoms with Gasteiger partial charge in [-0.05, 0) is 25.1 Å². The summed E-state index contributed by atoms with van der Waals surface area (Å²) in [7, 11) is 0. The summed E-state index contributed by atoms with van der Waals surface area (Å²) in [5.41, 5.74) is 1.30. The lowest BCUT2D eigenvalue weighted by molar-refractivity contribution is 0.624. The van der Waals surface area contributed by atoms with Crippen LogP contribution in [-0.4, -0.2) is 24.6 Å². The zero-order chi connectivity index (χ0) is 10.5. The van der Waals surface area contributed by atoms with E-state index in [4.69, 9.17) is 0 Å². The van der Waals surface area contributed by atoms with E-state index in [1.165, 1.54) is 11.6 Å². The van der Waals surface area contributed by atoms with Gasteiger partial charge in [-0.2, -0.15) is 0 Å². The average molecular weight is 207 g/mol. The number of anilines is 1. The summed E-state index contributed by atoms with van der Waals surface area (Å²) in [5, 5.41) is 6.23. The maximum Gasteiger partial charge on any atom is 0.165 e. The van der Waals surface area contributed by atoms with Crippen LogP contribution < -0.4 is 10.6 Å². The molecule has 0 unspecified atom stereocenters. The Kier molecular flexibility index (Phi) is 3.29. The van der Waals surface area contributed by atoms with Crippen molar-refractivity contribution < 1.29 is 4.39 Å². The van der Waals surface area contributed by atoms with Gasteiger partial charge in [-0.3, -0.25) is 0 Å². The third-order valence-corrected chi connectivity index (χ3v) is 2.40. The third kappa shape index (κ3) is 2.76. The summed E-state index contributed by atoms with van der Waals surface area (Å²) in [6.45, 7) is 2.58. The largest absolute Gasteiger partial charge is 0.364 e. The molecule has 1 aromatic rings. The Bertz CT molecular complexity index is 363. The van der Waals surface area contributed by atoms with Gasteiger partial charge in [0, 0.05) is 19.3 Å². The Balaban J connectivity index is 1.93. The summed E-state index contributed by atoms with van der Waals surface area (Å²) in [5.74, 6) is 0.0315. The van der Waals surface area contributed by atoms with E-state index < -0.39 is 0 Å². The van der Waals surface area contributed by atoms with Crippen LogP contribution in [0.4, 0.5) is 10.2 Å². The topological polar surface area (TPSA) is 37.0 Å². The van der Waals surface area contributed by atoms with E-state index in [2.05, 4.69) is 21.7 Å². The molecule has 0 fully saturated rings. The quantitative estimate of drug-likeness (QED) is 0.738. The minimum atomic E-state index is -0.299. The molecule has 2 N–H and O–H groups in total. The monoisotopic (exact) mass is 207 g/mol. The lowest BCUT2D eigenvalue weighted by Gasteiger charge is -2.14. The number of aromatic nitrogens is 1. The van der Waals surface area contributed by atoms with Crippen LogP contribution in [0.1, 0.15) is 6.42 Å². The average Bonchev–Trinajstić information content (AvgIpc) is 2.29. The number of rotatable bonds is 3. The number of pyridine rings is 1. The highest BCUT2D eigenvalue weighted by Gasteiger charge is 2.05. The Hall–Kier alpha value is -1.42. The molecule has 0 bridgehead atoms. The Morgan fingerprint density at radius 1 is 1.53 bits per heavy atom. The van der Waals surface area contributed by atoms with Crippen molar-refractivity contribution in [1.82, 2.24) is 10.3 Å². The van der Waals surface area contributed by atoms with Crippen LogP contribution in [0.15, 0.2) is 30.0 Å². The number of halogens is 1. The number of nitrogens with one attached hydrogen (secondary N) is 2. The lowest BCUT2D eigenvalue weighted by atomic mass is 10.1. The van der Waals surface area contributed by atoms with Crippen molar-refractivity contribution in [2.75, 3.05) is 25.0 Å². The Labute approximate surface area is 88.4 Å². The second-order valence-electron chi connectivity index (χ2n) is 3.50. The van der Waals surface area contributed by atoms with Crippen molar-refractivity contribution in [2.45, 2.75) is 6.42 Å². The molecule has 4 heteroatoms. The van der Waals surface area contributed by atoms with E-state index in [1.807, 2.05) is 0 Å². The van der Waals surface area contributed by atoms with Crippen molar-refractivity contribution >= 4 is 5.82 Å². The molecule has 0 spiro atoms. The third-order valence-electron chi connectivity index (χ3n) is 2.40. The van der Waals surface area contributed by atoms with E-state index in [0.29, 0.717) is 12.4 Å². The van der Waals surface area contributed by atoms with E-state index in [-0.39, 0.29) is 5.82 Å². The summed E-state index contributed by atoms with van der Waals surface area (Å²) in [6.07, 6.45) is 4.74. The number of hydrogen-bond donors (Lipinski definition) is 2. The first-order valence-corrected chi connectivity index (χ1v) is 5.09. The van der Waals surface area contributed by atoms with Crippen LogP contribution in [0, 0.1) is 5.82 Å². The summed E-state index contributed by atoms with van der Waals surface area (Å²) in [6, 6.07) is 3.00. The second kappa shape index (κ2) is 4.89. The molecular formula is C11H14FN3. The van der Waals surface area contributed by atoms with Crippen molar-refractivity contribution in [3.63, 3.8) is 0 Å². The maximum atomic E-state index is 13.2. The van der Waals surface area contributed by atoms with E-state index >= 15 is 0 Å². The summed E-state index contributed by atoms with van der Waals surface area (Å²) < 4.78 is 13.2. The van der Waals surface area contributed by atoms with Crippen molar-refractivity contribution in [3.05, 3.63) is 35.8 Å². The van der Waals surface area contributed by atoms with Crippen LogP contribution in [0.3, 0.4) is 0 Å². The minimum Gasteiger partial charge on any atom is -0.364 e. The first-order chi connectivity index (χ1) is 7.36. The molecule has 0 saturated carbocycles. The molecule has 15 heavy (non-hydrogen) atoms. The maximum absolute atomic E-state index is 13.2. The van der Waals surface area contributed by atoms with Crippen LogP contribution in [0.25, 0.3) is 0 Å². The molecule has 3 nitrogen and oxygen atoms in total. The highest BCUT2D eigenvalue weighted by Crippen LogP contribution is 2.10. The fourth-order valence-corrected chi connectivity index (χ4v) is 1.54. The predicted molar refractivity (Wildman–Crippen MR) is 58.3 cm³/mol. The van der Waals surface area contributed by atoms with Crippen molar-refractivity contribution in [2.24, 2.45) is 0 Å². The standard InChI is InChI=1S/C11H14FN3/c12-10-2-1-5-14-11(10)15-8-9-3-6-13-7-4-9/h1-3,5,13H,4,6-8H2,(H,14,15). The van der Waals surface area contributed by atoms with Gasteiger partial charge in [0.1, 0.15) is 0 Å². The number of nitrogens with zero attached hydrogens (tertiary/aromatic N) is 1. The molecule has 1 aliphatic heterocycles. The fraction of sp³-hybridized carbons (Fsp3) is 0.364.